The Kier molecular flexibility index (Phi) is 8.22. The summed E-state index contributed by atoms with van der Waals surface area (Å²) in [7, 11) is -3.67. The maximum Gasteiger partial charge on any atom is 0.410 e. The Balaban J connectivity index is 2.33. The van der Waals surface area contributed by atoms with E-state index in [0.29, 0.717) is 13.0 Å². The van der Waals surface area contributed by atoms with E-state index in [-0.39, 0.29) is 30.0 Å². The standard InChI is InChI=1S/C24H44N2O6S/c1-22(2,3)20(27)26(17-10-12-24(7,8)13-11-17)18-14-19(16-31-33(9,29)30)25(15-18)21(28)32-23(4,5)6/h17-19H,10-16H2,1-9H3/t18-,19+/m0/s1. The Morgan fingerprint density at radius 3 is 2.03 bits per heavy atom. The molecule has 2 aliphatic rings. The van der Waals surface area contributed by atoms with E-state index in [1.807, 2.05) is 25.7 Å². The Morgan fingerprint density at radius 2 is 1.58 bits per heavy atom. The second kappa shape index (κ2) is 9.72. The number of nitrogens with zero attached hydrogens (tertiary/aromatic N) is 2. The fraction of sp³-hybridized carbons (Fsp3) is 0.917. The summed E-state index contributed by atoms with van der Waals surface area (Å²) in [6.45, 7) is 15.8. The highest BCUT2D eigenvalue weighted by Crippen LogP contribution is 2.40. The molecule has 0 aromatic rings. The predicted molar refractivity (Wildman–Crippen MR) is 128 cm³/mol. The van der Waals surface area contributed by atoms with Crippen LogP contribution in [-0.4, -0.2) is 73.4 Å². The molecule has 1 aliphatic carbocycles. The zero-order chi connectivity index (χ0) is 25.4. The van der Waals surface area contributed by atoms with E-state index in [2.05, 4.69) is 13.8 Å². The average Bonchev–Trinajstić information content (AvgIpc) is 3.03. The van der Waals surface area contributed by atoms with Crippen LogP contribution in [0.2, 0.25) is 0 Å². The second-order valence-electron chi connectivity index (χ2n) is 12.5. The highest BCUT2D eigenvalue weighted by molar-refractivity contribution is 7.85. The van der Waals surface area contributed by atoms with Crippen molar-refractivity contribution in [3.05, 3.63) is 0 Å². The van der Waals surface area contributed by atoms with Gasteiger partial charge in [0.15, 0.2) is 0 Å². The average molecular weight is 489 g/mol. The van der Waals surface area contributed by atoms with E-state index in [0.717, 1.165) is 31.9 Å². The predicted octanol–water partition coefficient (Wildman–Crippen LogP) is 4.18. The van der Waals surface area contributed by atoms with Crippen LogP contribution in [0.1, 0.15) is 87.5 Å². The first-order chi connectivity index (χ1) is 14.8. The minimum absolute atomic E-state index is 0.0611. The summed E-state index contributed by atoms with van der Waals surface area (Å²) in [5.74, 6) is 0.0611. The minimum atomic E-state index is -3.67. The summed E-state index contributed by atoms with van der Waals surface area (Å²) in [5.41, 5.74) is -0.991. The molecule has 0 bridgehead atoms. The van der Waals surface area contributed by atoms with Crippen LogP contribution >= 0.6 is 0 Å². The van der Waals surface area contributed by atoms with E-state index in [9.17, 15) is 18.0 Å². The first kappa shape index (κ1) is 27.9. The number of hydrogen-bond acceptors (Lipinski definition) is 6. The number of carbonyl (C=O) groups is 2. The molecule has 0 N–H and O–H groups in total. The number of ether oxygens (including phenoxy) is 1. The number of likely N-dealkylation sites (tertiary alicyclic amines) is 1. The zero-order valence-corrected chi connectivity index (χ0v) is 22.8. The van der Waals surface area contributed by atoms with Crippen LogP contribution in [0, 0.1) is 10.8 Å². The molecule has 2 amide bonds. The molecular formula is C24H44N2O6S. The summed E-state index contributed by atoms with van der Waals surface area (Å²) in [5, 5.41) is 0. The maximum absolute atomic E-state index is 13.6. The van der Waals surface area contributed by atoms with Gasteiger partial charge in [-0.3, -0.25) is 8.98 Å². The monoisotopic (exact) mass is 488 g/mol. The number of amides is 2. The van der Waals surface area contributed by atoms with E-state index >= 15 is 0 Å². The van der Waals surface area contributed by atoms with Crippen molar-refractivity contribution in [2.24, 2.45) is 10.8 Å². The lowest BCUT2D eigenvalue weighted by molar-refractivity contribution is -0.146. The van der Waals surface area contributed by atoms with Crippen LogP contribution in [0.25, 0.3) is 0 Å². The van der Waals surface area contributed by atoms with Crippen LogP contribution in [0.3, 0.4) is 0 Å². The molecule has 0 spiro atoms. The fourth-order valence-electron chi connectivity index (χ4n) is 4.68. The Labute approximate surface area is 200 Å². The molecule has 0 radical (unpaired) electrons. The third-order valence-corrected chi connectivity index (χ3v) is 7.03. The van der Waals surface area contributed by atoms with Gasteiger partial charge in [-0.15, -0.1) is 0 Å². The van der Waals surface area contributed by atoms with E-state index in [1.165, 1.54) is 4.90 Å². The molecule has 1 saturated carbocycles. The quantitative estimate of drug-likeness (QED) is 0.539. The van der Waals surface area contributed by atoms with Crippen molar-refractivity contribution in [1.29, 1.82) is 0 Å². The Morgan fingerprint density at radius 1 is 1.03 bits per heavy atom. The van der Waals surface area contributed by atoms with E-state index in [1.54, 1.807) is 20.8 Å². The van der Waals surface area contributed by atoms with Crippen LogP contribution in [0.4, 0.5) is 4.79 Å². The van der Waals surface area contributed by atoms with Crippen LogP contribution in [0.15, 0.2) is 0 Å². The number of rotatable bonds is 5. The lowest BCUT2D eigenvalue weighted by atomic mass is 9.74. The SMILES string of the molecule is CC1(C)CCC(N(C(=O)C(C)(C)C)[C@H]2C[C@H](COS(C)(=O)=O)N(C(=O)OC(C)(C)C)C2)CC1. The highest BCUT2D eigenvalue weighted by atomic mass is 32.2. The summed E-state index contributed by atoms with van der Waals surface area (Å²) in [6.07, 6.45) is 4.85. The first-order valence-corrected chi connectivity index (χ1v) is 13.8. The van der Waals surface area contributed by atoms with Gasteiger partial charge in [0.1, 0.15) is 5.60 Å². The highest BCUT2D eigenvalue weighted by Gasteiger charge is 2.46. The molecule has 2 atom stereocenters. The molecule has 1 saturated heterocycles. The molecule has 0 aromatic carbocycles. The van der Waals surface area contributed by atoms with Crippen molar-refractivity contribution in [2.45, 2.75) is 111 Å². The Bertz CT molecular complexity index is 815. The molecule has 1 heterocycles. The molecule has 8 nitrogen and oxygen atoms in total. The molecule has 33 heavy (non-hydrogen) atoms. The fourth-order valence-corrected chi connectivity index (χ4v) is 5.08. The Hall–Kier alpha value is -1.35. The van der Waals surface area contributed by atoms with Crippen LogP contribution in [0.5, 0.6) is 0 Å². The van der Waals surface area contributed by atoms with Crippen molar-refractivity contribution >= 4 is 22.1 Å². The van der Waals surface area contributed by atoms with Gasteiger partial charge in [0.05, 0.1) is 24.9 Å². The molecule has 192 valence electrons. The van der Waals surface area contributed by atoms with Crippen LogP contribution in [-0.2, 0) is 23.8 Å². The van der Waals surface area contributed by atoms with Gasteiger partial charge in [-0.2, -0.15) is 8.42 Å². The largest absolute Gasteiger partial charge is 0.444 e. The second-order valence-corrected chi connectivity index (χ2v) is 14.2. The smallest absolute Gasteiger partial charge is 0.410 e. The van der Waals surface area contributed by atoms with Gasteiger partial charge in [0, 0.05) is 18.0 Å². The molecule has 9 heteroatoms. The molecule has 0 aromatic heterocycles. The van der Waals surface area contributed by atoms with Crippen molar-refractivity contribution in [3.8, 4) is 0 Å². The number of hydrogen-bond donors (Lipinski definition) is 0. The molecule has 0 unspecified atom stereocenters. The van der Waals surface area contributed by atoms with Gasteiger partial charge in [0.2, 0.25) is 5.91 Å². The molecule has 2 rings (SSSR count). The van der Waals surface area contributed by atoms with Gasteiger partial charge in [-0.05, 0) is 58.3 Å². The number of carbonyl (C=O) groups excluding carboxylic acids is 2. The topological polar surface area (TPSA) is 93.2 Å². The third-order valence-electron chi connectivity index (χ3n) is 6.47. The van der Waals surface area contributed by atoms with Gasteiger partial charge < -0.3 is 14.5 Å². The zero-order valence-electron chi connectivity index (χ0n) is 21.9. The summed E-state index contributed by atoms with van der Waals surface area (Å²) in [6, 6.07) is -0.608. The van der Waals surface area contributed by atoms with Crippen molar-refractivity contribution in [1.82, 2.24) is 9.80 Å². The summed E-state index contributed by atoms with van der Waals surface area (Å²) < 4.78 is 33.9. The van der Waals surface area contributed by atoms with E-state index in [4.69, 9.17) is 8.92 Å². The van der Waals surface area contributed by atoms with Crippen molar-refractivity contribution < 1.29 is 26.9 Å². The molecule has 1 aliphatic heterocycles. The first-order valence-electron chi connectivity index (χ1n) is 12.0. The third kappa shape index (κ3) is 8.12. The lowest BCUT2D eigenvalue weighted by Crippen LogP contribution is -2.53. The van der Waals surface area contributed by atoms with Crippen molar-refractivity contribution in [3.63, 3.8) is 0 Å². The molecular weight excluding hydrogens is 444 g/mol. The maximum atomic E-state index is 13.6. The normalized spacial score (nSPS) is 24.6. The van der Waals surface area contributed by atoms with Gasteiger partial charge in [0.25, 0.3) is 10.1 Å². The van der Waals surface area contributed by atoms with Gasteiger partial charge >= 0.3 is 6.09 Å². The summed E-state index contributed by atoms with van der Waals surface area (Å²) in [4.78, 5) is 30.1. The molecule has 2 fully saturated rings. The van der Waals surface area contributed by atoms with Gasteiger partial charge in [-0.25, -0.2) is 4.79 Å². The minimum Gasteiger partial charge on any atom is -0.444 e. The van der Waals surface area contributed by atoms with Crippen molar-refractivity contribution in [2.75, 3.05) is 19.4 Å². The summed E-state index contributed by atoms with van der Waals surface area (Å²) >= 11 is 0. The van der Waals surface area contributed by atoms with Gasteiger partial charge in [-0.1, -0.05) is 34.6 Å². The van der Waals surface area contributed by atoms with E-state index < -0.39 is 33.3 Å². The lowest BCUT2D eigenvalue weighted by Gasteiger charge is -2.45. The van der Waals surface area contributed by atoms with Crippen LogP contribution < -0.4 is 0 Å².